The van der Waals surface area contributed by atoms with Gasteiger partial charge in [-0.25, -0.2) is 4.79 Å². The molecule has 0 aliphatic carbocycles. The summed E-state index contributed by atoms with van der Waals surface area (Å²) in [5.41, 5.74) is 0. The van der Waals surface area contributed by atoms with Crippen molar-refractivity contribution < 1.29 is 27.0 Å². The maximum atomic E-state index is 10.9. The van der Waals surface area contributed by atoms with Gasteiger partial charge in [0.25, 0.3) is 10.1 Å². The van der Waals surface area contributed by atoms with E-state index in [2.05, 4.69) is 20.7 Å². The van der Waals surface area contributed by atoms with Gasteiger partial charge in [0.15, 0.2) is 0 Å². The second-order valence-electron chi connectivity index (χ2n) is 6.87. The van der Waals surface area contributed by atoms with E-state index in [1.165, 1.54) is 12.5 Å². The molecule has 1 N–H and O–H groups in total. The lowest BCUT2D eigenvalue weighted by atomic mass is 10.1. The Morgan fingerprint density at radius 2 is 1.50 bits per heavy atom. The lowest BCUT2D eigenvalue weighted by Gasteiger charge is -2.29. The highest BCUT2D eigenvalue weighted by Crippen LogP contribution is 2.10. The summed E-state index contributed by atoms with van der Waals surface area (Å²) < 4.78 is 35.7. The van der Waals surface area contributed by atoms with Gasteiger partial charge in [0.1, 0.15) is 0 Å². The standard InChI is InChI=1S/C17H33NO5S/c1-4-17(19)23-15-12-14-18(2,3)13-10-8-6-5-7-9-11-16-24(20,21)22/h4H,1,5-16H2,2-3H3/p+1. The van der Waals surface area contributed by atoms with Gasteiger partial charge in [-0.05, 0) is 19.3 Å². The highest BCUT2D eigenvalue weighted by molar-refractivity contribution is 7.85. The lowest BCUT2D eigenvalue weighted by molar-refractivity contribution is -0.890. The van der Waals surface area contributed by atoms with Gasteiger partial charge in [0.05, 0.1) is 39.5 Å². The topological polar surface area (TPSA) is 80.7 Å². The molecule has 0 radical (unpaired) electrons. The molecule has 0 spiro atoms. The normalized spacial score (nSPS) is 12.1. The molecule has 0 unspecified atom stereocenters. The Bertz CT molecular complexity index is 460. The fraction of sp³-hybridized carbons (Fsp3) is 0.824. The van der Waals surface area contributed by atoms with E-state index >= 15 is 0 Å². The number of esters is 1. The van der Waals surface area contributed by atoms with Crippen molar-refractivity contribution in [3.63, 3.8) is 0 Å². The van der Waals surface area contributed by atoms with Crippen LogP contribution in [0.15, 0.2) is 12.7 Å². The summed E-state index contributed by atoms with van der Waals surface area (Å²) in [6.07, 6.45) is 9.03. The fourth-order valence-corrected chi connectivity index (χ4v) is 3.11. The number of carbonyl (C=O) groups is 1. The van der Waals surface area contributed by atoms with Crippen molar-refractivity contribution in [3.8, 4) is 0 Å². The zero-order valence-corrected chi connectivity index (χ0v) is 16.0. The number of ether oxygens (including phenoxy) is 1. The number of quaternary nitrogens is 1. The van der Waals surface area contributed by atoms with Gasteiger partial charge in [-0.2, -0.15) is 8.42 Å². The molecule has 24 heavy (non-hydrogen) atoms. The van der Waals surface area contributed by atoms with Gasteiger partial charge >= 0.3 is 5.97 Å². The smallest absolute Gasteiger partial charge is 0.330 e. The Morgan fingerprint density at radius 3 is 2.04 bits per heavy atom. The van der Waals surface area contributed by atoms with Crippen LogP contribution in [0.2, 0.25) is 0 Å². The highest BCUT2D eigenvalue weighted by Gasteiger charge is 2.14. The summed E-state index contributed by atoms with van der Waals surface area (Å²) in [5.74, 6) is -0.488. The molecule has 0 atom stereocenters. The molecule has 7 heteroatoms. The van der Waals surface area contributed by atoms with E-state index in [0.29, 0.717) is 13.0 Å². The average Bonchev–Trinajstić information content (AvgIpc) is 2.48. The molecule has 0 fully saturated rings. The van der Waals surface area contributed by atoms with Gasteiger partial charge in [0.2, 0.25) is 0 Å². The minimum absolute atomic E-state index is 0.124. The van der Waals surface area contributed by atoms with E-state index < -0.39 is 10.1 Å². The maximum absolute atomic E-state index is 10.9. The van der Waals surface area contributed by atoms with Crippen LogP contribution in [0.25, 0.3) is 0 Å². The molecule has 0 saturated carbocycles. The number of carbonyl (C=O) groups excluding carboxylic acids is 1. The van der Waals surface area contributed by atoms with Gasteiger partial charge in [0, 0.05) is 12.5 Å². The van der Waals surface area contributed by atoms with Crippen molar-refractivity contribution in [2.45, 2.75) is 51.4 Å². The van der Waals surface area contributed by atoms with Gasteiger partial charge < -0.3 is 9.22 Å². The van der Waals surface area contributed by atoms with Crippen LogP contribution in [0.5, 0.6) is 0 Å². The van der Waals surface area contributed by atoms with E-state index in [9.17, 15) is 13.2 Å². The number of hydrogen-bond acceptors (Lipinski definition) is 4. The van der Waals surface area contributed by atoms with Gasteiger partial charge in [-0.15, -0.1) is 0 Å². The zero-order chi connectivity index (χ0) is 18.5. The molecule has 0 amide bonds. The molecule has 0 saturated heterocycles. The van der Waals surface area contributed by atoms with Crippen molar-refractivity contribution >= 4 is 16.1 Å². The van der Waals surface area contributed by atoms with Crippen LogP contribution in [0.1, 0.15) is 51.4 Å². The summed E-state index contributed by atoms with van der Waals surface area (Å²) in [6, 6.07) is 0. The third-order valence-electron chi connectivity index (χ3n) is 3.98. The summed E-state index contributed by atoms with van der Waals surface area (Å²) in [5, 5.41) is 0. The highest BCUT2D eigenvalue weighted by atomic mass is 32.2. The predicted octanol–water partition coefficient (Wildman–Crippen LogP) is 2.80. The monoisotopic (exact) mass is 364 g/mol. The van der Waals surface area contributed by atoms with Crippen LogP contribution < -0.4 is 0 Å². The molecular formula is C17H34NO5S+. The number of hydrogen-bond donors (Lipinski definition) is 1. The summed E-state index contributed by atoms with van der Waals surface area (Å²) in [6.45, 7) is 5.87. The molecule has 0 aliphatic rings. The second kappa shape index (κ2) is 12.4. The SMILES string of the molecule is C=CC(=O)OCCC[N+](C)(C)CCCCCCCCCS(=O)(=O)O. The Morgan fingerprint density at radius 1 is 1.00 bits per heavy atom. The molecule has 0 bridgehead atoms. The summed E-state index contributed by atoms with van der Waals surface area (Å²) >= 11 is 0. The van der Waals surface area contributed by atoms with Gasteiger partial charge in [-0.3, -0.25) is 4.55 Å². The Balaban J connectivity index is 3.51. The van der Waals surface area contributed by atoms with Gasteiger partial charge in [-0.1, -0.05) is 32.3 Å². The van der Waals surface area contributed by atoms with Crippen molar-refractivity contribution in [2.75, 3.05) is 39.5 Å². The molecule has 0 rings (SSSR count). The third kappa shape index (κ3) is 16.0. The van der Waals surface area contributed by atoms with Crippen LogP contribution in [0.4, 0.5) is 0 Å². The Hall–Kier alpha value is -0.920. The molecule has 0 aliphatic heterocycles. The molecule has 0 aromatic rings. The van der Waals surface area contributed by atoms with Crippen LogP contribution in [0.3, 0.4) is 0 Å². The van der Waals surface area contributed by atoms with E-state index in [-0.39, 0.29) is 11.7 Å². The molecule has 6 nitrogen and oxygen atoms in total. The molecule has 0 heterocycles. The molecule has 0 aromatic carbocycles. The first-order valence-corrected chi connectivity index (χ1v) is 10.3. The largest absolute Gasteiger partial charge is 0.462 e. The van der Waals surface area contributed by atoms with E-state index in [1.807, 2.05) is 0 Å². The van der Waals surface area contributed by atoms with Crippen LogP contribution >= 0.6 is 0 Å². The quantitative estimate of drug-likeness (QED) is 0.159. The van der Waals surface area contributed by atoms with Crippen molar-refractivity contribution in [3.05, 3.63) is 12.7 Å². The van der Waals surface area contributed by atoms with Crippen molar-refractivity contribution in [1.29, 1.82) is 0 Å². The molecule has 0 aromatic heterocycles. The molecule has 142 valence electrons. The lowest BCUT2D eigenvalue weighted by Crippen LogP contribution is -2.41. The minimum atomic E-state index is -3.79. The maximum Gasteiger partial charge on any atom is 0.330 e. The van der Waals surface area contributed by atoms with Crippen molar-refractivity contribution in [1.82, 2.24) is 0 Å². The van der Waals surface area contributed by atoms with E-state index in [0.717, 1.165) is 56.1 Å². The number of nitrogens with zero attached hydrogens (tertiary/aromatic N) is 1. The van der Waals surface area contributed by atoms with E-state index in [4.69, 9.17) is 9.29 Å². The first-order valence-electron chi connectivity index (χ1n) is 8.73. The number of rotatable bonds is 15. The Labute approximate surface area is 147 Å². The van der Waals surface area contributed by atoms with Crippen molar-refractivity contribution in [2.24, 2.45) is 0 Å². The minimum Gasteiger partial charge on any atom is -0.462 e. The predicted molar refractivity (Wildman–Crippen MR) is 96.4 cm³/mol. The summed E-state index contributed by atoms with van der Waals surface area (Å²) in [7, 11) is 0.578. The van der Waals surface area contributed by atoms with Crippen LogP contribution in [0, 0.1) is 0 Å². The summed E-state index contributed by atoms with van der Waals surface area (Å²) in [4.78, 5) is 10.9. The van der Waals surface area contributed by atoms with E-state index in [1.54, 1.807) is 0 Å². The first kappa shape index (κ1) is 23.1. The van der Waals surface area contributed by atoms with Crippen LogP contribution in [-0.2, 0) is 19.6 Å². The molecular weight excluding hydrogens is 330 g/mol. The number of unbranched alkanes of at least 4 members (excludes halogenated alkanes) is 6. The third-order valence-corrected chi connectivity index (χ3v) is 4.79. The average molecular weight is 365 g/mol. The Kier molecular flexibility index (Phi) is 12.0. The van der Waals surface area contributed by atoms with Crippen LogP contribution in [-0.4, -0.2) is 63.0 Å². The zero-order valence-electron chi connectivity index (χ0n) is 15.2. The first-order chi connectivity index (χ1) is 11.2. The second-order valence-corrected chi connectivity index (χ2v) is 8.44. The fourth-order valence-electron chi connectivity index (χ4n) is 2.54.